The molecule has 3 N–H and O–H groups in total. The van der Waals surface area contributed by atoms with Crippen LogP contribution in [0.1, 0.15) is 30.3 Å². The van der Waals surface area contributed by atoms with E-state index in [-0.39, 0.29) is 17.1 Å². The number of hydrogen-bond donors (Lipinski definition) is 2. The van der Waals surface area contributed by atoms with Gasteiger partial charge in [-0.1, -0.05) is 18.2 Å². The summed E-state index contributed by atoms with van der Waals surface area (Å²) in [6, 6.07) is 9.50. The first-order chi connectivity index (χ1) is 10.1. The van der Waals surface area contributed by atoms with Crippen LogP contribution in [0.15, 0.2) is 41.0 Å². The highest BCUT2D eigenvalue weighted by Crippen LogP contribution is 2.39. The Balaban J connectivity index is 1.75. The molecule has 3 rings (SSSR count). The average Bonchev–Trinajstić information content (AvgIpc) is 3.26. The molecule has 0 saturated heterocycles. The van der Waals surface area contributed by atoms with E-state index in [4.69, 9.17) is 10.2 Å². The molecule has 1 aromatic heterocycles. The van der Waals surface area contributed by atoms with Crippen LogP contribution in [-0.4, -0.2) is 23.0 Å². The second-order valence-electron chi connectivity index (χ2n) is 5.75. The molecular formula is C16H19N3O2. The lowest BCUT2D eigenvalue weighted by molar-refractivity contribution is 0.0892. The molecule has 0 spiro atoms. The number of benzene rings is 1. The van der Waals surface area contributed by atoms with Gasteiger partial charge < -0.3 is 15.5 Å². The van der Waals surface area contributed by atoms with Crippen molar-refractivity contribution < 1.29 is 9.21 Å². The molecular weight excluding hydrogens is 266 g/mol. The number of hydrogen-bond acceptors (Lipinski definition) is 4. The quantitative estimate of drug-likeness (QED) is 0.882. The molecule has 1 unspecified atom stereocenters. The van der Waals surface area contributed by atoms with Gasteiger partial charge in [0.25, 0.3) is 5.91 Å². The highest BCUT2D eigenvalue weighted by molar-refractivity contribution is 5.93. The van der Waals surface area contributed by atoms with Crippen LogP contribution < -0.4 is 11.1 Å². The third-order valence-corrected chi connectivity index (χ3v) is 4.06. The maximum atomic E-state index is 12.3. The molecule has 1 fully saturated rings. The predicted molar refractivity (Wildman–Crippen MR) is 79.6 cm³/mol. The van der Waals surface area contributed by atoms with Gasteiger partial charge in [-0.15, -0.1) is 0 Å². The van der Waals surface area contributed by atoms with E-state index < -0.39 is 0 Å². The average molecular weight is 285 g/mol. The molecule has 110 valence electrons. The molecule has 1 saturated carbocycles. The molecule has 5 nitrogen and oxygen atoms in total. The molecule has 1 amide bonds. The minimum absolute atomic E-state index is 0.235. The fourth-order valence-electron chi connectivity index (χ4n) is 2.45. The fraction of sp³-hybridized carbons (Fsp3) is 0.375. The Hall–Kier alpha value is -2.14. The first kappa shape index (κ1) is 13.8. The fourth-order valence-corrected chi connectivity index (χ4v) is 2.45. The molecule has 5 heteroatoms. The maximum Gasteiger partial charge on any atom is 0.273 e. The molecule has 1 aliphatic carbocycles. The standard InChI is InChI=1S/C16H19N3O2/c1-16(10-17,12-7-8-12)19-14(20)13-9-21-15(18-13)11-5-3-2-4-6-11/h2-6,9,12H,7-8,10,17H2,1H3,(H,19,20). The van der Waals surface area contributed by atoms with Crippen molar-refractivity contribution in [2.45, 2.75) is 25.3 Å². The summed E-state index contributed by atoms with van der Waals surface area (Å²) in [5, 5.41) is 3.00. The van der Waals surface area contributed by atoms with E-state index in [1.807, 2.05) is 37.3 Å². The molecule has 1 aromatic carbocycles. The number of carbonyl (C=O) groups excluding carboxylic acids is 1. The summed E-state index contributed by atoms with van der Waals surface area (Å²) in [7, 11) is 0. The van der Waals surface area contributed by atoms with Crippen molar-refractivity contribution in [2.75, 3.05) is 6.54 Å². The van der Waals surface area contributed by atoms with E-state index >= 15 is 0 Å². The number of rotatable bonds is 5. The van der Waals surface area contributed by atoms with Crippen LogP contribution in [0, 0.1) is 5.92 Å². The highest BCUT2D eigenvalue weighted by atomic mass is 16.3. The Kier molecular flexibility index (Phi) is 3.51. The summed E-state index contributed by atoms with van der Waals surface area (Å²) in [4.78, 5) is 16.6. The van der Waals surface area contributed by atoms with Crippen molar-refractivity contribution in [3.63, 3.8) is 0 Å². The normalized spacial score (nSPS) is 17.2. The molecule has 1 aliphatic rings. The van der Waals surface area contributed by atoms with Gasteiger partial charge in [0.05, 0.1) is 5.54 Å². The summed E-state index contributed by atoms with van der Waals surface area (Å²) >= 11 is 0. The van der Waals surface area contributed by atoms with Crippen LogP contribution >= 0.6 is 0 Å². The zero-order chi connectivity index (χ0) is 14.9. The van der Waals surface area contributed by atoms with Gasteiger partial charge in [-0.3, -0.25) is 4.79 Å². The van der Waals surface area contributed by atoms with Crippen LogP contribution in [0.4, 0.5) is 0 Å². The molecule has 1 heterocycles. The van der Waals surface area contributed by atoms with E-state index in [1.54, 1.807) is 0 Å². The second kappa shape index (κ2) is 5.33. The summed E-state index contributed by atoms with van der Waals surface area (Å²) in [5.74, 6) is 0.675. The van der Waals surface area contributed by atoms with Gasteiger partial charge in [0.1, 0.15) is 6.26 Å². The SMILES string of the molecule is CC(CN)(NC(=O)c1coc(-c2ccccc2)n1)C1CC1. The van der Waals surface area contributed by atoms with Crippen molar-refractivity contribution in [3.05, 3.63) is 42.3 Å². The van der Waals surface area contributed by atoms with E-state index in [0.29, 0.717) is 18.4 Å². The molecule has 2 aromatic rings. The lowest BCUT2D eigenvalue weighted by atomic mass is 9.96. The Labute approximate surface area is 123 Å². The predicted octanol–water partition coefficient (Wildman–Crippen LogP) is 2.20. The molecule has 1 atom stereocenters. The van der Waals surface area contributed by atoms with Crippen LogP contribution in [-0.2, 0) is 0 Å². The molecule has 0 radical (unpaired) electrons. The van der Waals surface area contributed by atoms with Crippen molar-refractivity contribution in [1.82, 2.24) is 10.3 Å². The van der Waals surface area contributed by atoms with Crippen LogP contribution in [0.25, 0.3) is 11.5 Å². The van der Waals surface area contributed by atoms with E-state index in [9.17, 15) is 4.79 Å². The van der Waals surface area contributed by atoms with Gasteiger partial charge in [0.15, 0.2) is 5.69 Å². The van der Waals surface area contributed by atoms with E-state index in [0.717, 1.165) is 18.4 Å². The Bertz CT molecular complexity index is 634. The number of nitrogens with two attached hydrogens (primary N) is 1. The summed E-state index contributed by atoms with van der Waals surface area (Å²) < 4.78 is 5.39. The minimum Gasteiger partial charge on any atom is -0.444 e. The topological polar surface area (TPSA) is 81.1 Å². The highest BCUT2D eigenvalue weighted by Gasteiger charge is 2.42. The second-order valence-corrected chi connectivity index (χ2v) is 5.75. The Morgan fingerprint density at radius 2 is 2.14 bits per heavy atom. The zero-order valence-electron chi connectivity index (χ0n) is 12.0. The number of carbonyl (C=O) groups is 1. The third kappa shape index (κ3) is 2.83. The number of oxazole rings is 1. The van der Waals surface area contributed by atoms with Gasteiger partial charge in [-0.05, 0) is 37.8 Å². The van der Waals surface area contributed by atoms with Gasteiger partial charge in [0.2, 0.25) is 5.89 Å². The van der Waals surface area contributed by atoms with Gasteiger partial charge in [-0.2, -0.15) is 0 Å². The number of nitrogens with zero attached hydrogens (tertiary/aromatic N) is 1. The van der Waals surface area contributed by atoms with Crippen molar-refractivity contribution in [1.29, 1.82) is 0 Å². The zero-order valence-corrected chi connectivity index (χ0v) is 12.0. The first-order valence-corrected chi connectivity index (χ1v) is 7.16. The monoisotopic (exact) mass is 285 g/mol. The lowest BCUT2D eigenvalue weighted by Crippen LogP contribution is -2.53. The largest absolute Gasteiger partial charge is 0.444 e. The third-order valence-electron chi connectivity index (χ3n) is 4.06. The van der Waals surface area contributed by atoms with Crippen molar-refractivity contribution in [2.24, 2.45) is 11.7 Å². The summed E-state index contributed by atoms with van der Waals surface area (Å²) in [6.07, 6.45) is 3.62. The van der Waals surface area contributed by atoms with E-state index in [2.05, 4.69) is 10.3 Å². The number of amides is 1. The molecule has 0 bridgehead atoms. The van der Waals surface area contributed by atoms with Crippen LogP contribution in [0.5, 0.6) is 0 Å². The Morgan fingerprint density at radius 3 is 2.76 bits per heavy atom. The van der Waals surface area contributed by atoms with Gasteiger partial charge in [-0.25, -0.2) is 4.98 Å². The number of aromatic nitrogens is 1. The molecule has 21 heavy (non-hydrogen) atoms. The first-order valence-electron chi connectivity index (χ1n) is 7.16. The van der Waals surface area contributed by atoms with E-state index in [1.165, 1.54) is 6.26 Å². The van der Waals surface area contributed by atoms with Gasteiger partial charge in [0, 0.05) is 12.1 Å². The van der Waals surface area contributed by atoms with Crippen molar-refractivity contribution in [3.8, 4) is 11.5 Å². The number of nitrogens with one attached hydrogen (secondary N) is 1. The summed E-state index contributed by atoms with van der Waals surface area (Å²) in [6.45, 7) is 2.41. The smallest absolute Gasteiger partial charge is 0.273 e. The minimum atomic E-state index is -0.358. The molecule has 0 aliphatic heterocycles. The van der Waals surface area contributed by atoms with Crippen molar-refractivity contribution >= 4 is 5.91 Å². The lowest BCUT2D eigenvalue weighted by Gasteiger charge is -2.28. The maximum absolute atomic E-state index is 12.3. The van der Waals surface area contributed by atoms with Crippen LogP contribution in [0.3, 0.4) is 0 Å². The Morgan fingerprint density at radius 1 is 1.43 bits per heavy atom. The summed E-state index contributed by atoms with van der Waals surface area (Å²) in [5.41, 5.74) is 6.59. The van der Waals surface area contributed by atoms with Crippen LogP contribution in [0.2, 0.25) is 0 Å². The van der Waals surface area contributed by atoms with Gasteiger partial charge >= 0.3 is 0 Å².